The number of halogens is 1. The number of para-hydroxylation sites is 1. The lowest BCUT2D eigenvalue weighted by atomic mass is 9.95. The van der Waals surface area contributed by atoms with Gasteiger partial charge in [-0.3, -0.25) is 24.6 Å². The van der Waals surface area contributed by atoms with Gasteiger partial charge in [-0.05, 0) is 118 Å². The highest BCUT2D eigenvalue weighted by Crippen LogP contribution is 2.39. The molecule has 0 atom stereocenters. The van der Waals surface area contributed by atoms with Gasteiger partial charge in [0.15, 0.2) is 5.11 Å². The predicted molar refractivity (Wildman–Crippen MR) is 179 cm³/mol. The molecule has 7 nitrogen and oxygen atoms in total. The van der Waals surface area contributed by atoms with Crippen molar-refractivity contribution in [2.45, 2.75) is 46.5 Å². The standard InChI is InChI=1S/C33H29BrN4O3S2/c1-18-15-22(34)13-14-26(18)38-31(41)25(29(39)36-33(38)42)17-21-16-19(2)37(20(21)3)32-28(24-11-7-8-12-27(24)43-32)30(40)35-23-9-5-4-6-10-23/h4-6,9-10,13-17H,7-8,11-12H2,1-3H3,(H,35,40)(H,36,39,42)/b25-17+. The third-order valence-corrected chi connectivity index (χ3v) is 9.94. The number of aryl methyl sites for hydroxylation is 3. The van der Waals surface area contributed by atoms with Crippen molar-refractivity contribution >= 4 is 79.8 Å². The highest BCUT2D eigenvalue weighted by atomic mass is 79.9. The van der Waals surface area contributed by atoms with Crippen LogP contribution in [0.15, 0.2) is 64.6 Å². The number of carbonyl (C=O) groups is 3. The molecule has 2 aliphatic rings. The summed E-state index contributed by atoms with van der Waals surface area (Å²) in [5, 5.41) is 6.66. The van der Waals surface area contributed by atoms with Gasteiger partial charge in [0, 0.05) is 26.4 Å². The van der Waals surface area contributed by atoms with Crippen LogP contribution in [0.1, 0.15) is 56.2 Å². The van der Waals surface area contributed by atoms with E-state index in [0.717, 1.165) is 68.9 Å². The first-order chi connectivity index (χ1) is 20.6. The van der Waals surface area contributed by atoms with E-state index in [1.165, 1.54) is 9.78 Å². The van der Waals surface area contributed by atoms with Gasteiger partial charge in [0.05, 0.1) is 11.3 Å². The van der Waals surface area contributed by atoms with Crippen LogP contribution in [0.25, 0.3) is 11.1 Å². The van der Waals surface area contributed by atoms with E-state index < -0.39 is 11.8 Å². The summed E-state index contributed by atoms with van der Waals surface area (Å²) < 4.78 is 2.95. The number of rotatable bonds is 5. The smallest absolute Gasteiger partial charge is 0.270 e. The summed E-state index contributed by atoms with van der Waals surface area (Å²) in [7, 11) is 0. The number of fused-ring (bicyclic) bond motifs is 1. The number of nitrogens with zero attached hydrogens (tertiary/aromatic N) is 2. The molecule has 1 fully saturated rings. The molecule has 43 heavy (non-hydrogen) atoms. The van der Waals surface area contributed by atoms with E-state index in [9.17, 15) is 14.4 Å². The number of carbonyl (C=O) groups excluding carboxylic acids is 3. The molecule has 2 aromatic carbocycles. The number of benzene rings is 2. The van der Waals surface area contributed by atoms with Gasteiger partial charge in [-0.15, -0.1) is 11.3 Å². The molecule has 2 N–H and O–H groups in total. The van der Waals surface area contributed by atoms with Gasteiger partial charge >= 0.3 is 0 Å². The normalized spacial score (nSPS) is 16.0. The highest BCUT2D eigenvalue weighted by Gasteiger charge is 2.36. The molecule has 6 rings (SSSR count). The van der Waals surface area contributed by atoms with Gasteiger partial charge in [-0.25, -0.2) is 0 Å². The van der Waals surface area contributed by atoms with Crippen molar-refractivity contribution in [2.24, 2.45) is 0 Å². The average Bonchev–Trinajstić information content (AvgIpc) is 3.48. The van der Waals surface area contributed by atoms with E-state index in [1.54, 1.807) is 23.5 Å². The zero-order valence-corrected chi connectivity index (χ0v) is 27.1. The zero-order chi connectivity index (χ0) is 30.4. The molecule has 10 heteroatoms. The Kier molecular flexibility index (Phi) is 7.93. The quantitative estimate of drug-likeness (QED) is 0.134. The molecule has 3 amide bonds. The highest BCUT2D eigenvalue weighted by molar-refractivity contribution is 9.10. The van der Waals surface area contributed by atoms with Crippen LogP contribution in [0.4, 0.5) is 11.4 Å². The number of hydrogen-bond donors (Lipinski definition) is 2. The number of hydrogen-bond acceptors (Lipinski definition) is 5. The molecule has 1 aliphatic carbocycles. The van der Waals surface area contributed by atoms with Crippen molar-refractivity contribution in [2.75, 3.05) is 10.2 Å². The molecule has 0 unspecified atom stereocenters. The Bertz CT molecular complexity index is 1860. The minimum Gasteiger partial charge on any atom is -0.322 e. The second kappa shape index (κ2) is 11.7. The lowest BCUT2D eigenvalue weighted by Crippen LogP contribution is -2.54. The first kappa shape index (κ1) is 29.2. The summed E-state index contributed by atoms with van der Waals surface area (Å²) in [5.41, 5.74) is 6.43. The molecule has 4 aromatic rings. The summed E-state index contributed by atoms with van der Waals surface area (Å²) >= 11 is 10.5. The Morgan fingerprint density at radius 2 is 1.79 bits per heavy atom. The van der Waals surface area contributed by atoms with Crippen molar-refractivity contribution in [1.82, 2.24) is 9.88 Å². The van der Waals surface area contributed by atoms with Gasteiger partial charge in [-0.2, -0.15) is 0 Å². The minimum absolute atomic E-state index is 0.0105. The van der Waals surface area contributed by atoms with Crippen molar-refractivity contribution in [1.29, 1.82) is 0 Å². The lowest BCUT2D eigenvalue weighted by Gasteiger charge is -2.30. The average molecular weight is 674 g/mol. The maximum Gasteiger partial charge on any atom is 0.270 e. The Morgan fingerprint density at radius 3 is 2.53 bits per heavy atom. The molecule has 3 heterocycles. The van der Waals surface area contributed by atoms with Crippen LogP contribution < -0.4 is 15.5 Å². The molecular formula is C33H29BrN4O3S2. The second-order valence-electron chi connectivity index (χ2n) is 10.8. The van der Waals surface area contributed by atoms with Crippen molar-refractivity contribution in [3.05, 3.63) is 103 Å². The molecule has 218 valence electrons. The van der Waals surface area contributed by atoms with Gasteiger partial charge in [0.1, 0.15) is 10.6 Å². The Morgan fingerprint density at radius 1 is 1.05 bits per heavy atom. The van der Waals surface area contributed by atoms with Gasteiger partial charge in [0.25, 0.3) is 17.7 Å². The molecule has 1 aliphatic heterocycles. The summed E-state index contributed by atoms with van der Waals surface area (Å²) in [6, 6.07) is 16.9. The lowest BCUT2D eigenvalue weighted by molar-refractivity contribution is -0.122. The Hall–Kier alpha value is -3.86. The van der Waals surface area contributed by atoms with E-state index in [2.05, 4.69) is 31.1 Å². The molecular weight excluding hydrogens is 644 g/mol. The number of anilines is 2. The first-order valence-corrected chi connectivity index (χ1v) is 16.0. The maximum absolute atomic E-state index is 13.8. The van der Waals surface area contributed by atoms with Crippen LogP contribution in [-0.2, 0) is 22.4 Å². The van der Waals surface area contributed by atoms with Gasteiger partial charge in [0.2, 0.25) is 0 Å². The number of thiophene rings is 1. The van der Waals surface area contributed by atoms with Crippen LogP contribution in [0.5, 0.6) is 0 Å². The van der Waals surface area contributed by atoms with E-state index in [1.807, 2.05) is 69.3 Å². The third kappa shape index (κ3) is 5.39. The Balaban J connectivity index is 1.42. The van der Waals surface area contributed by atoms with Gasteiger partial charge in [-0.1, -0.05) is 34.1 Å². The van der Waals surface area contributed by atoms with E-state index in [-0.39, 0.29) is 16.6 Å². The second-order valence-corrected chi connectivity index (χ2v) is 13.1. The zero-order valence-electron chi connectivity index (χ0n) is 23.9. The predicted octanol–water partition coefficient (Wildman–Crippen LogP) is 7.19. The van der Waals surface area contributed by atoms with Crippen LogP contribution in [0.2, 0.25) is 0 Å². The number of amides is 3. The van der Waals surface area contributed by atoms with Crippen molar-refractivity contribution in [3.63, 3.8) is 0 Å². The fraction of sp³-hybridized carbons (Fsp3) is 0.212. The monoisotopic (exact) mass is 672 g/mol. The SMILES string of the molecule is Cc1cc(Br)ccc1N1C(=O)/C(=C/c2cc(C)n(-c3sc4c(c3C(=O)Nc3ccccc3)CCCC4)c2C)C(=O)NC1=S. The molecule has 2 aromatic heterocycles. The van der Waals surface area contributed by atoms with Gasteiger partial charge < -0.3 is 9.88 Å². The van der Waals surface area contributed by atoms with Crippen LogP contribution >= 0.6 is 39.5 Å². The largest absolute Gasteiger partial charge is 0.322 e. The minimum atomic E-state index is -0.541. The summed E-state index contributed by atoms with van der Waals surface area (Å²) in [5.74, 6) is -1.16. The van der Waals surface area contributed by atoms with E-state index in [4.69, 9.17) is 12.2 Å². The Labute approximate surface area is 267 Å². The van der Waals surface area contributed by atoms with Crippen LogP contribution in [-0.4, -0.2) is 27.4 Å². The number of nitrogens with one attached hydrogen (secondary N) is 2. The molecule has 0 bridgehead atoms. The maximum atomic E-state index is 13.8. The number of aromatic nitrogens is 1. The fourth-order valence-electron chi connectivity index (χ4n) is 5.81. The molecule has 0 saturated carbocycles. The van der Waals surface area contributed by atoms with Crippen molar-refractivity contribution in [3.8, 4) is 5.00 Å². The van der Waals surface area contributed by atoms with Crippen LogP contribution in [0.3, 0.4) is 0 Å². The molecule has 1 saturated heterocycles. The van der Waals surface area contributed by atoms with Crippen molar-refractivity contribution < 1.29 is 14.4 Å². The molecule has 0 radical (unpaired) electrons. The first-order valence-electron chi connectivity index (χ1n) is 14.0. The summed E-state index contributed by atoms with van der Waals surface area (Å²) in [6.45, 7) is 5.81. The molecule has 0 spiro atoms. The summed E-state index contributed by atoms with van der Waals surface area (Å²) in [6.07, 6.45) is 5.57. The van der Waals surface area contributed by atoms with E-state index >= 15 is 0 Å². The number of thiocarbonyl (C=S) groups is 1. The van der Waals surface area contributed by atoms with E-state index in [0.29, 0.717) is 11.3 Å². The summed E-state index contributed by atoms with van der Waals surface area (Å²) in [4.78, 5) is 43.2. The fourth-order valence-corrected chi connectivity index (χ4v) is 8.05. The third-order valence-electron chi connectivity index (χ3n) is 7.89. The van der Waals surface area contributed by atoms with Crippen LogP contribution in [0, 0.1) is 20.8 Å². The topological polar surface area (TPSA) is 83.4 Å².